The molecule has 0 saturated carbocycles. The maximum absolute atomic E-state index is 13.2. The number of hydrogen-bond donors (Lipinski definition) is 1. The van der Waals surface area contributed by atoms with Crippen molar-refractivity contribution in [2.75, 3.05) is 6.16 Å². The first kappa shape index (κ1) is 25.2. The van der Waals surface area contributed by atoms with Crippen molar-refractivity contribution in [1.29, 1.82) is 0 Å². The van der Waals surface area contributed by atoms with Gasteiger partial charge in [0.05, 0.1) is 15.5 Å². The van der Waals surface area contributed by atoms with Crippen LogP contribution in [0.5, 0.6) is 11.5 Å². The van der Waals surface area contributed by atoms with Gasteiger partial charge in [-0.1, -0.05) is 23.7 Å². The summed E-state index contributed by atoms with van der Waals surface area (Å²) in [6.07, 6.45) is -4.91. The number of nitro benzene ring substituents is 1. The lowest BCUT2D eigenvalue weighted by Gasteiger charge is -2.16. The fourth-order valence-electron chi connectivity index (χ4n) is 2.32. The van der Waals surface area contributed by atoms with Gasteiger partial charge < -0.3 is 14.5 Å². The van der Waals surface area contributed by atoms with Gasteiger partial charge in [0.2, 0.25) is 0 Å². The molecule has 0 spiro atoms. The van der Waals surface area contributed by atoms with Crippen LogP contribution in [0.15, 0.2) is 41.6 Å². The van der Waals surface area contributed by atoms with Crippen LogP contribution in [0.2, 0.25) is 5.02 Å². The number of oxime groups is 1. The normalized spacial score (nSPS) is 13.9. The Kier molecular flexibility index (Phi) is 7.53. The van der Waals surface area contributed by atoms with Gasteiger partial charge >= 0.3 is 19.5 Å². The lowest BCUT2D eigenvalue weighted by atomic mass is 10.2. The van der Waals surface area contributed by atoms with E-state index in [9.17, 15) is 32.6 Å². The van der Waals surface area contributed by atoms with E-state index in [-0.39, 0.29) is 22.7 Å². The predicted molar refractivity (Wildman–Crippen MR) is 109 cm³/mol. The Labute approximate surface area is 184 Å². The highest BCUT2D eigenvalue weighted by Gasteiger charge is 2.35. The minimum absolute atomic E-state index is 0.136. The second kappa shape index (κ2) is 9.58. The van der Waals surface area contributed by atoms with Gasteiger partial charge in [-0.25, -0.2) is 4.79 Å². The number of hydrogen-bond acceptors (Lipinski definition) is 7. The van der Waals surface area contributed by atoms with Crippen LogP contribution in [0.25, 0.3) is 0 Å². The van der Waals surface area contributed by atoms with Crippen LogP contribution in [-0.4, -0.2) is 27.9 Å². The molecule has 9 nitrogen and oxygen atoms in total. The van der Waals surface area contributed by atoms with Crippen LogP contribution in [-0.2, 0) is 20.2 Å². The average molecular weight is 495 g/mol. The van der Waals surface area contributed by atoms with Crippen molar-refractivity contribution in [1.82, 2.24) is 0 Å². The molecule has 1 N–H and O–H groups in total. The second-order valence-electron chi connectivity index (χ2n) is 6.21. The number of benzene rings is 2. The van der Waals surface area contributed by atoms with E-state index in [0.29, 0.717) is 6.07 Å². The lowest BCUT2D eigenvalue weighted by molar-refractivity contribution is -0.383. The summed E-state index contributed by atoms with van der Waals surface area (Å²) in [5.74, 6) is -1.77. The summed E-state index contributed by atoms with van der Waals surface area (Å²) in [6.45, 7) is 2.46. The Hall–Kier alpha value is -3.11. The maximum Gasteiger partial charge on any atom is 0.416 e. The first-order valence-corrected chi connectivity index (χ1v) is 10.9. The molecule has 2 rings (SSSR count). The Morgan fingerprint density at radius 1 is 1.28 bits per heavy atom. The smallest absolute Gasteiger partial charge is 0.416 e. The van der Waals surface area contributed by atoms with E-state index in [1.807, 2.05) is 0 Å². The molecule has 0 radical (unpaired) electrons. The highest BCUT2D eigenvalue weighted by molar-refractivity contribution is 7.67. The molecular weight excluding hydrogens is 480 g/mol. The average Bonchev–Trinajstić information content (AvgIpc) is 2.72. The van der Waals surface area contributed by atoms with Gasteiger partial charge in [-0.3, -0.25) is 14.7 Å². The number of carboxylic acid groups (broad SMARTS) is 1. The third-order valence-corrected chi connectivity index (χ3v) is 6.60. The fourth-order valence-corrected chi connectivity index (χ4v) is 4.17. The zero-order valence-electron chi connectivity index (χ0n) is 16.4. The molecule has 0 amide bonds. The van der Waals surface area contributed by atoms with Gasteiger partial charge in [0, 0.05) is 18.3 Å². The largest absolute Gasteiger partial charge is 0.477 e. The fraction of sp³-hybridized carbons (Fsp3) is 0.222. The zero-order chi connectivity index (χ0) is 24.3. The summed E-state index contributed by atoms with van der Waals surface area (Å²) in [7, 11) is -4.07. The second-order valence-corrected chi connectivity index (χ2v) is 9.24. The van der Waals surface area contributed by atoms with Crippen LogP contribution < -0.4 is 10.0 Å². The molecule has 0 aliphatic heterocycles. The number of carbonyl (C=O) groups is 1. The van der Waals surface area contributed by atoms with Crippen LogP contribution >= 0.6 is 19.0 Å². The van der Waals surface area contributed by atoms with Crippen LogP contribution in [0.4, 0.5) is 18.9 Å². The maximum atomic E-state index is 13.2. The number of rotatable bonds is 8. The number of nitrogens with zero attached hydrogens (tertiary/aromatic N) is 2. The molecule has 0 fully saturated rings. The van der Waals surface area contributed by atoms with Gasteiger partial charge in [0.1, 0.15) is 16.8 Å². The van der Waals surface area contributed by atoms with Crippen molar-refractivity contribution in [2.24, 2.45) is 5.16 Å². The van der Waals surface area contributed by atoms with Crippen LogP contribution in [0.1, 0.15) is 19.4 Å². The summed E-state index contributed by atoms with van der Waals surface area (Å²) >= 11 is 5.85. The summed E-state index contributed by atoms with van der Waals surface area (Å²) in [5.41, 5.74) is -2.15. The number of aliphatic carboxylic acids is 1. The quantitative estimate of drug-likeness (QED) is 0.223. The number of carboxylic acids is 1. The molecule has 0 saturated heterocycles. The first-order valence-electron chi connectivity index (χ1n) is 8.68. The molecule has 0 heterocycles. The monoisotopic (exact) mass is 494 g/mol. The minimum Gasteiger partial charge on any atom is -0.477 e. The van der Waals surface area contributed by atoms with E-state index in [0.717, 1.165) is 37.3 Å². The van der Waals surface area contributed by atoms with Crippen LogP contribution in [0, 0.1) is 10.1 Å². The SMILES string of the molecule is CCP(=O)(ON=C(C)C(=O)O)c1cc(Oc2ccc(C(F)(F)F)cc2Cl)ccc1[N+](=O)[O-]. The molecule has 0 aromatic heterocycles. The van der Waals surface area contributed by atoms with Crippen molar-refractivity contribution in [3.05, 3.63) is 57.1 Å². The Morgan fingerprint density at radius 3 is 2.44 bits per heavy atom. The summed E-state index contributed by atoms with van der Waals surface area (Å²) in [5, 5.41) is 22.7. The Bertz CT molecular complexity index is 1140. The van der Waals surface area contributed by atoms with E-state index < -0.39 is 46.7 Å². The number of halogens is 4. The minimum atomic E-state index is -4.62. The van der Waals surface area contributed by atoms with Crippen molar-refractivity contribution in [3.8, 4) is 11.5 Å². The van der Waals surface area contributed by atoms with Gasteiger partial charge in [-0.2, -0.15) is 13.2 Å². The molecule has 1 unspecified atom stereocenters. The number of ether oxygens (including phenoxy) is 1. The summed E-state index contributed by atoms with van der Waals surface area (Å²) in [4.78, 5) is 21.5. The van der Waals surface area contributed by atoms with E-state index in [1.165, 1.54) is 6.92 Å². The molecule has 32 heavy (non-hydrogen) atoms. The molecule has 1 atom stereocenters. The molecule has 172 valence electrons. The zero-order valence-corrected chi connectivity index (χ0v) is 18.1. The third kappa shape index (κ3) is 5.77. The predicted octanol–water partition coefficient (Wildman–Crippen LogP) is 5.46. The van der Waals surface area contributed by atoms with Gasteiger partial charge in [-0.05, 0) is 31.2 Å². The van der Waals surface area contributed by atoms with Gasteiger partial charge in [0.25, 0.3) is 5.69 Å². The molecule has 2 aromatic rings. The topological polar surface area (TPSA) is 128 Å². The lowest BCUT2D eigenvalue weighted by Crippen LogP contribution is -2.15. The van der Waals surface area contributed by atoms with Gasteiger partial charge in [-0.15, -0.1) is 0 Å². The molecule has 14 heteroatoms. The molecule has 0 aliphatic rings. The summed E-state index contributed by atoms with van der Waals surface area (Å²) < 4.78 is 61.9. The first-order chi connectivity index (χ1) is 14.8. The Balaban J connectivity index is 2.50. The standard InChI is InChI=1S/C18H15ClF3N2O7P/c1-3-32(29,31-23-10(2)17(25)26)16-9-12(5-6-14(16)24(27)28)30-15-7-4-11(8-13(15)19)18(20,21)22/h4-9H,3H2,1-2H3,(H,25,26). The number of alkyl halides is 3. The summed E-state index contributed by atoms with van der Waals surface area (Å²) in [6, 6.07) is 5.43. The van der Waals surface area contributed by atoms with E-state index >= 15 is 0 Å². The Morgan fingerprint density at radius 2 is 1.94 bits per heavy atom. The van der Waals surface area contributed by atoms with E-state index in [2.05, 4.69) is 5.16 Å². The van der Waals surface area contributed by atoms with Crippen molar-refractivity contribution < 1.29 is 41.9 Å². The van der Waals surface area contributed by atoms with Crippen LogP contribution in [0.3, 0.4) is 0 Å². The van der Waals surface area contributed by atoms with Crippen molar-refractivity contribution in [2.45, 2.75) is 20.0 Å². The van der Waals surface area contributed by atoms with Crippen molar-refractivity contribution >= 4 is 41.6 Å². The number of nitro groups is 1. The van der Waals surface area contributed by atoms with Crippen molar-refractivity contribution in [3.63, 3.8) is 0 Å². The molecule has 0 aliphatic carbocycles. The molecular formula is C18H15ClF3N2O7P. The van der Waals surface area contributed by atoms with E-state index in [4.69, 9.17) is 26.1 Å². The molecule has 0 bridgehead atoms. The third-order valence-electron chi connectivity index (χ3n) is 4.03. The van der Waals surface area contributed by atoms with Gasteiger partial charge in [0.15, 0.2) is 5.71 Å². The van der Waals surface area contributed by atoms with E-state index in [1.54, 1.807) is 0 Å². The molecule has 2 aromatic carbocycles. The highest BCUT2D eigenvalue weighted by atomic mass is 35.5. The highest BCUT2D eigenvalue weighted by Crippen LogP contribution is 2.49.